The minimum absolute atomic E-state index is 0.0884. The van der Waals surface area contributed by atoms with Gasteiger partial charge in [0.15, 0.2) is 0 Å². The molecule has 4 nitrogen and oxygen atoms in total. The minimum Gasteiger partial charge on any atom is -0.467 e. The Morgan fingerprint density at radius 2 is 2.17 bits per heavy atom. The summed E-state index contributed by atoms with van der Waals surface area (Å²) in [5.41, 5.74) is 1.97. The zero-order chi connectivity index (χ0) is 13.0. The first kappa shape index (κ1) is 12.1. The maximum Gasteiger partial charge on any atom is 0.229 e. The lowest BCUT2D eigenvalue weighted by Crippen LogP contribution is -1.88. The second-order valence-corrected chi connectivity index (χ2v) is 3.81. The van der Waals surface area contributed by atoms with E-state index in [0.29, 0.717) is 22.7 Å². The second kappa shape index (κ2) is 5.30. The molecule has 1 N–H and O–H groups in total. The largest absolute Gasteiger partial charge is 0.467 e. The van der Waals surface area contributed by atoms with E-state index in [0.717, 1.165) is 5.69 Å². The summed E-state index contributed by atoms with van der Waals surface area (Å²) in [4.78, 5) is 7.51. The van der Waals surface area contributed by atoms with Gasteiger partial charge in [0.05, 0.1) is 19.4 Å². The van der Waals surface area contributed by atoms with Gasteiger partial charge in [-0.15, -0.1) is 0 Å². The minimum atomic E-state index is -0.0884. The first-order valence-corrected chi connectivity index (χ1v) is 5.44. The van der Waals surface area contributed by atoms with Crippen LogP contribution in [-0.4, -0.2) is 10.1 Å². The van der Waals surface area contributed by atoms with E-state index in [1.54, 1.807) is 30.5 Å². The molecule has 1 heterocycles. The number of hydrogen-bond donors (Lipinski definition) is 1. The fourth-order valence-electron chi connectivity index (χ4n) is 1.48. The highest BCUT2D eigenvalue weighted by atomic mass is 16.5. The molecule has 0 unspecified atom stereocenters. The number of pyridine rings is 1. The highest BCUT2D eigenvalue weighted by molar-refractivity contribution is 5.60. The van der Waals surface area contributed by atoms with Crippen molar-refractivity contribution >= 4 is 5.69 Å². The van der Waals surface area contributed by atoms with Crippen molar-refractivity contribution in [3.63, 3.8) is 0 Å². The Balaban J connectivity index is 2.29. The first-order chi connectivity index (χ1) is 8.72. The number of nitrogens with zero attached hydrogens (tertiary/aromatic N) is 2. The van der Waals surface area contributed by atoms with E-state index in [1.165, 1.54) is 0 Å². The van der Waals surface area contributed by atoms with E-state index < -0.39 is 0 Å². The average Bonchev–Trinajstić information content (AvgIpc) is 2.41. The number of ether oxygens (including phenoxy) is 1. The molecule has 18 heavy (non-hydrogen) atoms. The van der Waals surface area contributed by atoms with Crippen LogP contribution in [0.15, 0.2) is 36.5 Å². The van der Waals surface area contributed by atoms with Gasteiger partial charge < -0.3 is 9.84 Å². The Morgan fingerprint density at radius 3 is 2.78 bits per heavy atom. The summed E-state index contributed by atoms with van der Waals surface area (Å²) in [5.74, 6) is 1.05. The predicted molar refractivity (Wildman–Crippen MR) is 67.7 cm³/mol. The number of aliphatic hydroxyl groups is 1. The predicted octanol–water partition coefficient (Wildman–Crippen LogP) is 3.23. The van der Waals surface area contributed by atoms with Crippen molar-refractivity contribution in [2.24, 2.45) is 0 Å². The van der Waals surface area contributed by atoms with Crippen molar-refractivity contribution in [1.82, 2.24) is 4.98 Å². The SMILES string of the molecule is [C-]#[N+]c1cc(CO)ccc1Oc1ccc(C)nc1. The van der Waals surface area contributed by atoms with E-state index >= 15 is 0 Å². The summed E-state index contributed by atoms with van der Waals surface area (Å²) in [6.07, 6.45) is 1.61. The lowest BCUT2D eigenvalue weighted by atomic mass is 10.2. The van der Waals surface area contributed by atoms with Crippen LogP contribution in [-0.2, 0) is 6.61 Å². The summed E-state index contributed by atoms with van der Waals surface area (Å²) in [6.45, 7) is 8.91. The Hall–Kier alpha value is -2.38. The third-order valence-corrected chi connectivity index (χ3v) is 2.44. The summed E-state index contributed by atoms with van der Waals surface area (Å²) in [7, 11) is 0. The van der Waals surface area contributed by atoms with Crippen molar-refractivity contribution in [2.75, 3.05) is 0 Å². The van der Waals surface area contributed by atoms with E-state index in [9.17, 15) is 0 Å². The quantitative estimate of drug-likeness (QED) is 0.838. The van der Waals surface area contributed by atoms with Crippen molar-refractivity contribution < 1.29 is 9.84 Å². The van der Waals surface area contributed by atoms with E-state index in [4.69, 9.17) is 16.4 Å². The van der Waals surface area contributed by atoms with Gasteiger partial charge in [0.2, 0.25) is 5.69 Å². The normalized spacial score (nSPS) is 9.83. The Morgan fingerprint density at radius 1 is 1.33 bits per heavy atom. The average molecular weight is 240 g/mol. The van der Waals surface area contributed by atoms with Crippen molar-refractivity contribution in [2.45, 2.75) is 13.5 Å². The number of hydrogen-bond acceptors (Lipinski definition) is 3. The topological polar surface area (TPSA) is 46.7 Å². The molecule has 0 radical (unpaired) electrons. The van der Waals surface area contributed by atoms with Crippen LogP contribution in [0.1, 0.15) is 11.3 Å². The molecule has 1 aromatic heterocycles. The van der Waals surface area contributed by atoms with Gasteiger partial charge in [-0.2, -0.15) is 0 Å². The van der Waals surface area contributed by atoms with Crippen molar-refractivity contribution in [3.05, 3.63) is 59.2 Å². The molecule has 0 bridgehead atoms. The van der Waals surface area contributed by atoms with Gasteiger partial charge >= 0.3 is 0 Å². The third-order valence-electron chi connectivity index (χ3n) is 2.44. The van der Waals surface area contributed by atoms with Crippen molar-refractivity contribution in [3.8, 4) is 11.5 Å². The molecular weight excluding hydrogens is 228 g/mol. The summed E-state index contributed by atoms with van der Waals surface area (Å²) >= 11 is 0. The molecule has 1 aromatic carbocycles. The molecule has 0 aliphatic heterocycles. The number of aliphatic hydroxyl groups excluding tert-OH is 1. The number of aromatic nitrogens is 1. The van der Waals surface area contributed by atoms with Crippen LogP contribution in [0.2, 0.25) is 0 Å². The van der Waals surface area contributed by atoms with Crippen molar-refractivity contribution in [1.29, 1.82) is 0 Å². The monoisotopic (exact) mass is 240 g/mol. The molecule has 0 atom stereocenters. The smallest absolute Gasteiger partial charge is 0.229 e. The number of benzene rings is 1. The van der Waals surface area contributed by atoms with Gasteiger partial charge in [0.1, 0.15) is 11.5 Å². The molecule has 2 rings (SSSR count). The molecule has 0 saturated heterocycles. The van der Waals surface area contributed by atoms with Crippen LogP contribution in [0.4, 0.5) is 5.69 Å². The Kier molecular flexibility index (Phi) is 3.56. The molecule has 2 aromatic rings. The maximum atomic E-state index is 9.02. The van der Waals surface area contributed by atoms with Gasteiger partial charge in [-0.05, 0) is 36.8 Å². The fraction of sp³-hybridized carbons (Fsp3) is 0.143. The van der Waals surface area contributed by atoms with Gasteiger partial charge in [-0.3, -0.25) is 4.98 Å². The standard InChI is InChI=1S/C14H12N2O2/c1-10-3-5-12(8-16-10)18-14-6-4-11(9-17)7-13(14)15-2/h3-8,17H,9H2,1H3. The maximum absolute atomic E-state index is 9.02. The third kappa shape index (κ3) is 2.65. The van der Waals surface area contributed by atoms with E-state index in [2.05, 4.69) is 9.83 Å². The molecule has 0 aliphatic rings. The Bertz CT molecular complexity index is 586. The molecule has 0 amide bonds. The number of aryl methyl sites for hydroxylation is 1. The molecule has 0 fully saturated rings. The molecule has 0 saturated carbocycles. The van der Waals surface area contributed by atoms with Crippen LogP contribution >= 0.6 is 0 Å². The Labute approximate surface area is 105 Å². The molecule has 0 spiro atoms. The molecule has 4 heteroatoms. The second-order valence-electron chi connectivity index (χ2n) is 3.81. The summed E-state index contributed by atoms with van der Waals surface area (Å²) < 4.78 is 5.60. The van der Waals surface area contributed by atoms with Crippen LogP contribution in [0, 0.1) is 13.5 Å². The van der Waals surface area contributed by atoms with Crippen LogP contribution < -0.4 is 4.74 Å². The van der Waals surface area contributed by atoms with Crippen LogP contribution in [0.5, 0.6) is 11.5 Å². The van der Waals surface area contributed by atoms with Gasteiger partial charge in [-0.25, -0.2) is 4.85 Å². The summed E-state index contributed by atoms with van der Waals surface area (Å²) in [5, 5.41) is 9.02. The van der Waals surface area contributed by atoms with E-state index in [-0.39, 0.29) is 6.61 Å². The van der Waals surface area contributed by atoms with Gasteiger partial charge in [0, 0.05) is 5.69 Å². The summed E-state index contributed by atoms with van der Waals surface area (Å²) in [6, 6.07) is 8.67. The first-order valence-electron chi connectivity index (χ1n) is 5.44. The van der Waals surface area contributed by atoms with Gasteiger partial charge in [0.25, 0.3) is 0 Å². The zero-order valence-electron chi connectivity index (χ0n) is 9.92. The fourth-order valence-corrected chi connectivity index (χ4v) is 1.48. The molecular formula is C14H12N2O2. The molecule has 90 valence electrons. The molecule has 0 aliphatic carbocycles. The van der Waals surface area contributed by atoms with E-state index in [1.807, 2.05) is 13.0 Å². The van der Waals surface area contributed by atoms with Crippen LogP contribution in [0.3, 0.4) is 0 Å². The number of rotatable bonds is 3. The lowest BCUT2D eigenvalue weighted by molar-refractivity contribution is 0.282. The van der Waals surface area contributed by atoms with Crippen LogP contribution in [0.25, 0.3) is 4.85 Å². The van der Waals surface area contributed by atoms with Gasteiger partial charge in [-0.1, -0.05) is 6.07 Å². The zero-order valence-corrected chi connectivity index (χ0v) is 9.92. The highest BCUT2D eigenvalue weighted by Crippen LogP contribution is 2.32. The lowest BCUT2D eigenvalue weighted by Gasteiger charge is -2.08. The highest BCUT2D eigenvalue weighted by Gasteiger charge is 2.06.